The van der Waals surface area contributed by atoms with Crippen LogP contribution in [0.2, 0.25) is 0 Å². The summed E-state index contributed by atoms with van der Waals surface area (Å²) in [4.78, 5) is 26.0. The lowest BCUT2D eigenvalue weighted by Gasteiger charge is -2.17. The maximum Gasteiger partial charge on any atom is 0.239 e. The molecule has 6 rings (SSSR count). The smallest absolute Gasteiger partial charge is 0.239 e. The summed E-state index contributed by atoms with van der Waals surface area (Å²) >= 11 is 0. The molecule has 54 heavy (non-hydrogen) atoms. The molecule has 0 bridgehead atoms. The highest BCUT2D eigenvalue weighted by atomic mass is 16.6. The molecule has 0 radical (unpaired) electrons. The van der Waals surface area contributed by atoms with Crippen molar-refractivity contribution < 1.29 is 56.2 Å². The van der Waals surface area contributed by atoms with E-state index in [-0.39, 0.29) is 61.7 Å². The van der Waals surface area contributed by atoms with Crippen LogP contribution >= 0.6 is 0 Å². The van der Waals surface area contributed by atoms with Crippen molar-refractivity contribution in [3.05, 3.63) is 81.1 Å². The number of hydrogen-bond acceptors (Lipinski definition) is 14. The number of fused-ring (bicyclic) bond motifs is 2. The van der Waals surface area contributed by atoms with Crippen molar-refractivity contribution in [1.29, 1.82) is 0 Å². The second kappa shape index (κ2) is 16.8. The monoisotopic (exact) mass is 744 g/mol. The van der Waals surface area contributed by atoms with Gasteiger partial charge in [-0.1, -0.05) is 0 Å². The molecule has 0 fully saturated rings. The first kappa shape index (κ1) is 38.5. The molecule has 0 aliphatic carbocycles. The number of benzene rings is 4. The Labute approximate surface area is 310 Å². The molecule has 284 valence electrons. The fraction of sp³-hybridized carbons (Fsp3) is 0.250. The molecule has 6 aromatic rings. The Kier molecular flexibility index (Phi) is 12.0. The Bertz CT molecular complexity index is 2370. The van der Waals surface area contributed by atoms with E-state index in [4.69, 9.17) is 56.2 Å². The minimum atomic E-state index is -0.373. The average Bonchev–Trinajstić information content (AvgIpc) is 3.21. The van der Waals surface area contributed by atoms with E-state index < -0.39 is 0 Å². The van der Waals surface area contributed by atoms with Crippen LogP contribution in [0.5, 0.6) is 57.5 Å². The van der Waals surface area contributed by atoms with Crippen molar-refractivity contribution >= 4 is 21.9 Å². The van der Waals surface area contributed by atoms with Crippen LogP contribution in [0.3, 0.4) is 0 Å². The minimum Gasteiger partial charge on any atom is -0.497 e. The van der Waals surface area contributed by atoms with Gasteiger partial charge in [-0.25, -0.2) is 0 Å². The van der Waals surface area contributed by atoms with Crippen molar-refractivity contribution in [1.82, 2.24) is 0 Å². The van der Waals surface area contributed by atoms with E-state index in [9.17, 15) is 9.59 Å². The summed E-state index contributed by atoms with van der Waals surface area (Å²) in [6.07, 6.45) is 0. The van der Waals surface area contributed by atoms with Gasteiger partial charge in [0.25, 0.3) is 0 Å². The molecular formula is C40H40O14. The normalized spacial score (nSPS) is 10.6. The van der Waals surface area contributed by atoms with E-state index >= 15 is 0 Å². The lowest BCUT2D eigenvalue weighted by Crippen LogP contribution is -2.10. The molecule has 0 N–H and O–H groups in total. The standard InChI is InChI=1S/2C20H20O7/c1-22-12-8-6-11(7-9-12)17-20(26-5)16(21)15-13(27-17)10-14(23-2)18(24-3)19(15)25-4;1-22-12-8-6-11(7-9-12)14-10-13(21)15-16(23-2)18(24-3)20(26-5)19(25-4)17(15)27-14/h2*6-10H,1-5H3. The zero-order valence-electron chi connectivity index (χ0n) is 31.5. The first-order valence-electron chi connectivity index (χ1n) is 16.1. The molecule has 0 unspecified atom stereocenters. The Morgan fingerprint density at radius 2 is 0.907 bits per heavy atom. The van der Waals surface area contributed by atoms with Crippen LogP contribution in [0.25, 0.3) is 44.6 Å². The predicted octanol–water partition coefficient (Wildman–Crippen LogP) is 7.01. The van der Waals surface area contributed by atoms with Crippen molar-refractivity contribution in [2.24, 2.45) is 0 Å². The van der Waals surface area contributed by atoms with E-state index in [0.717, 1.165) is 0 Å². The summed E-state index contributed by atoms with van der Waals surface area (Å²) in [5.41, 5.74) is 1.22. The van der Waals surface area contributed by atoms with Crippen molar-refractivity contribution in [2.75, 3.05) is 71.1 Å². The molecule has 14 heteroatoms. The maximum atomic E-state index is 13.1. The summed E-state index contributed by atoms with van der Waals surface area (Å²) in [5.74, 6) is 4.05. The Morgan fingerprint density at radius 3 is 1.39 bits per heavy atom. The Morgan fingerprint density at radius 1 is 0.426 bits per heavy atom. The van der Waals surface area contributed by atoms with Crippen LogP contribution in [0.15, 0.2) is 79.1 Å². The maximum absolute atomic E-state index is 13.1. The topological polar surface area (TPSA) is 153 Å². The zero-order valence-corrected chi connectivity index (χ0v) is 31.5. The van der Waals surface area contributed by atoms with Crippen molar-refractivity contribution in [2.45, 2.75) is 0 Å². The molecule has 0 aliphatic heterocycles. The first-order valence-corrected chi connectivity index (χ1v) is 16.1. The van der Waals surface area contributed by atoms with Crippen LogP contribution in [0, 0.1) is 0 Å². The number of rotatable bonds is 12. The van der Waals surface area contributed by atoms with Gasteiger partial charge in [-0.05, 0) is 48.5 Å². The van der Waals surface area contributed by atoms with E-state index in [1.54, 1.807) is 68.8 Å². The van der Waals surface area contributed by atoms with Crippen molar-refractivity contribution in [3.63, 3.8) is 0 Å². The molecular weight excluding hydrogens is 704 g/mol. The minimum absolute atomic E-state index is 0.0678. The largest absolute Gasteiger partial charge is 0.497 e. The van der Waals surface area contributed by atoms with E-state index in [0.29, 0.717) is 51.2 Å². The molecule has 4 aromatic carbocycles. The van der Waals surface area contributed by atoms with E-state index in [2.05, 4.69) is 0 Å². The fourth-order valence-electron chi connectivity index (χ4n) is 5.86. The van der Waals surface area contributed by atoms with Gasteiger partial charge in [0.05, 0.1) is 71.1 Å². The highest BCUT2D eigenvalue weighted by molar-refractivity contribution is 5.96. The molecule has 0 amide bonds. The van der Waals surface area contributed by atoms with Crippen molar-refractivity contribution in [3.8, 4) is 80.1 Å². The number of methoxy groups -OCH3 is 10. The highest BCUT2D eigenvalue weighted by Crippen LogP contribution is 2.50. The zero-order chi connectivity index (χ0) is 39.1. The fourth-order valence-corrected chi connectivity index (χ4v) is 5.86. The van der Waals surface area contributed by atoms with E-state index in [1.165, 1.54) is 62.9 Å². The quantitative estimate of drug-likeness (QED) is 0.126. The SMILES string of the molecule is COc1ccc(-c2cc(=O)c3c(OC)c(OC)c(OC)c(OC)c3o2)cc1.COc1ccc(-c2oc3cc(OC)c(OC)c(OC)c3c(=O)c2OC)cc1. The molecule has 14 nitrogen and oxygen atoms in total. The van der Waals surface area contributed by atoms with Gasteiger partial charge in [0.2, 0.25) is 34.2 Å². The van der Waals surface area contributed by atoms with Crippen LogP contribution in [-0.4, -0.2) is 71.1 Å². The molecule has 0 atom stereocenters. The van der Waals surface area contributed by atoms with Crippen LogP contribution in [-0.2, 0) is 0 Å². The molecule has 2 aromatic heterocycles. The highest BCUT2D eigenvalue weighted by Gasteiger charge is 2.28. The lowest BCUT2D eigenvalue weighted by atomic mass is 10.1. The van der Waals surface area contributed by atoms with Gasteiger partial charge in [-0.15, -0.1) is 0 Å². The van der Waals surface area contributed by atoms with Crippen LogP contribution < -0.4 is 58.2 Å². The van der Waals surface area contributed by atoms with Crippen LogP contribution in [0.1, 0.15) is 0 Å². The van der Waals surface area contributed by atoms with Gasteiger partial charge in [0.15, 0.2) is 34.0 Å². The molecule has 0 saturated carbocycles. The third kappa shape index (κ3) is 6.93. The Balaban J connectivity index is 0.000000208. The number of ether oxygens (including phenoxy) is 10. The average molecular weight is 745 g/mol. The molecule has 0 aliphatic rings. The molecule has 2 heterocycles. The lowest BCUT2D eigenvalue weighted by molar-refractivity contribution is 0.307. The summed E-state index contributed by atoms with van der Waals surface area (Å²) in [6.45, 7) is 0. The summed E-state index contributed by atoms with van der Waals surface area (Å²) < 4.78 is 65.5. The van der Waals surface area contributed by atoms with Gasteiger partial charge in [-0.3, -0.25) is 9.59 Å². The summed E-state index contributed by atoms with van der Waals surface area (Å²) in [7, 11) is 14.8. The third-order valence-corrected chi connectivity index (χ3v) is 8.39. The predicted molar refractivity (Wildman–Crippen MR) is 201 cm³/mol. The van der Waals surface area contributed by atoms with Gasteiger partial charge in [-0.2, -0.15) is 0 Å². The first-order chi connectivity index (χ1) is 26.2. The van der Waals surface area contributed by atoms with Gasteiger partial charge in [0, 0.05) is 23.3 Å². The summed E-state index contributed by atoms with van der Waals surface area (Å²) in [5, 5.41) is 0.425. The second-order valence-electron chi connectivity index (χ2n) is 11.1. The van der Waals surface area contributed by atoms with Gasteiger partial charge < -0.3 is 56.2 Å². The number of hydrogen-bond donors (Lipinski definition) is 0. The summed E-state index contributed by atoms with van der Waals surface area (Å²) in [6, 6.07) is 17.3. The van der Waals surface area contributed by atoms with Gasteiger partial charge in [0.1, 0.15) is 33.6 Å². The Hall–Kier alpha value is -6.70. The molecule has 0 spiro atoms. The van der Waals surface area contributed by atoms with Gasteiger partial charge >= 0.3 is 0 Å². The third-order valence-electron chi connectivity index (χ3n) is 8.39. The van der Waals surface area contributed by atoms with E-state index in [1.807, 2.05) is 0 Å². The molecule has 0 saturated heterocycles. The van der Waals surface area contributed by atoms with Crippen LogP contribution in [0.4, 0.5) is 0 Å². The second-order valence-corrected chi connectivity index (χ2v) is 11.1.